The number of nitrogens with zero attached hydrogens (tertiary/aromatic N) is 1. The van der Waals surface area contributed by atoms with E-state index in [0.717, 1.165) is 0 Å². The van der Waals surface area contributed by atoms with Crippen molar-refractivity contribution in [2.75, 3.05) is 10.5 Å². The van der Waals surface area contributed by atoms with Crippen molar-refractivity contribution in [3.05, 3.63) is 46.4 Å². The number of nitrogens with one attached hydrogen (secondary N) is 2. The van der Waals surface area contributed by atoms with Crippen LogP contribution in [0.25, 0.3) is 0 Å². The highest BCUT2D eigenvalue weighted by atomic mass is 32.2. The maximum atomic E-state index is 12.0. The van der Waals surface area contributed by atoms with Crippen LogP contribution in [-0.2, 0) is 10.0 Å². The quantitative estimate of drug-likeness (QED) is 0.706. The number of hydrogen-bond acceptors (Lipinski definition) is 5. The molecule has 19 heavy (non-hydrogen) atoms. The van der Waals surface area contributed by atoms with Gasteiger partial charge in [0.1, 0.15) is 0 Å². The fraction of sp³-hybridized carbons (Fsp3) is 0.0909. The Labute approximate surface area is 109 Å². The predicted molar refractivity (Wildman–Crippen MR) is 71.3 cm³/mol. The second kappa shape index (κ2) is 4.73. The van der Waals surface area contributed by atoms with E-state index in [2.05, 4.69) is 14.7 Å². The van der Waals surface area contributed by atoms with Crippen molar-refractivity contribution in [3.8, 4) is 0 Å². The van der Waals surface area contributed by atoms with Crippen LogP contribution < -0.4 is 16.0 Å². The molecule has 0 aliphatic rings. The minimum Gasteiger partial charge on any atom is -0.399 e. The van der Waals surface area contributed by atoms with E-state index in [-0.39, 0.29) is 10.8 Å². The Hall–Kier alpha value is -2.35. The summed E-state index contributed by atoms with van der Waals surface area (Å²) in [6.45, 7) is 1.59. The Morgan fingerprint density at radius 1 is 1.26 bits per heavy atom. The maximum absolute atomic E-state index is 12.0. The zero-order chi connectivity index (χ0) is 14.0. The van der Waals surface area contributed by atoms with E-state index in [1.54, 1.807) is 6.92 Å². The summed E-state index contributed by atoms with van der Waals surface area (Å²) in [6, 6.07) is 6.94. The second-order valence-electron chi connectivity index (χ2n) is 3.91. The molecule has 8 heteroatoms. The Morgan fingerprint density at radius 2 is 1.89 bits per heavy atom. The molecule has 100 valence electrons. The minimum absolute atomic E-state index is 0.0332. The van der Waals surface area contributed by atoms with E-state index in [1.165, 1.54) is 30.3 Å². The molecule has 0 atom stereocenters. The largest absolute Gasteiger partial charge is 0.399 e. The van der Waals surface area contributed by atoms with E-state index >= 15 is 0 Å². The van der Waals surface area contributed by atoms with Gasteiger partial charge in [0, 0.05) is 17.4 Å². The summed E-state index contributed by atoms with van der Waals surface area (Å²) in [6.07, 6.45) is 0. The van der Waals surface area contributed by atoms with Gasteiger partial charge in [0.2, 0.25) is 5.95 Å². The molecule has 4 N–H and O–H groups in total. The fourth-order valence-electron chi connectivity index (χ4n) is 1.46. The van der Waals surface area contributed by atoms with Crippen molar-refractivity contribution < 1.29 is 8.42 Å². The molecular weight excluding hydrogens is 268 g/mol. The number of sulfonamides is 1. The molecule has 0 radical (unpaired) electrons. The van der Waals surface area contributed by atoms with Gasteiger partial charge in [-0.15, -0.1) is 0 Å². The Kier molecular flexibility index (Phi) is 3.26. The maximum Gasteiger partial charge on any atom is 0.264 e. The Balaban J connectivity index is 2.36. The number of H-pyrrole nitrogens is 1. The van der Waals surface area contributed by atoms with Crippen LogP contribution in [0, 0.1) is 6.92 Å². The van der Waals surface area contributed by atoms with E-state index in [0.29, 0.717) is 11.4 Å². The SMILES string of the molecule is Cc1cc(=O)[nH]c(NS(=O)(=O)c2ccc(N)cc2)n1. The molecule has 1 heterocycles. The number of rotatable bonds is 3. The zero-order valence-corrected chi connectivity index (χ0v) is 10.9. The summed E-state index contributed by atoms with van der Waals surface area (Å²) in [4.78, 5) is 17.5. The number of aromatic amines is 1. The molecule has 1 aromatic carbocycles. The van der Waals surface area contributed by atoms with Crippen LogP contribution in [0.3, 0.4) is 0 Å². The van der Waals surface area contributed by atoms with Crippen LogP contribution in [0.5, 0.6) is 0 Å². The molecule has 0 saturated carbocycles. The van der Waals surface area contributed by atoms with Gasteiger partial charge >= 0.3 is 0 Å². The zero-order valence-electron chi connectivity index (χ0n) is 10.0. The van der Waals surface area contributed by atoms with Gasteiger partial charge in [-0.05, 0) is 31.2 Å². The first-order chi connectivity index (χ1) is 8.87. The van der Waals surface area contributed by atoms with Crippen molar-refractivity contribution >= 4 is 21.7 Å². The lowest BCUT2D eigenvalue weighted by molar-refractivity contribution is 0.601. The highest BCUT2D eigenvalue weighted by Crippen LogP contribution is 2.14. The second-order valence-corrected chi connectivity index (χ2v) is 5.59. The first-order valence-corrected chi connectivity index (χ1v) is 6.81. The molecule has 0 amide bonds. The van der Waals surface area contributed by atoms with E-state index in [1.807, 2.05) is 0 Å². The van der Waals surface area contributed by atoms with Gasteiger partial charge < -0.3 is 5.73 Å². The van der Waals surface area contributed by atoms with Gasteiger partial charge in [0.05, 0.1) is 4.90 Å². The standard InChI is InChI=1S/C11H12N4O3S/c1-7-6-10(16)14-11(13-7)15-19(17,18)9-4-2-8(12)3-5-9/h2-6H,12H2,1H3,(H2,13,14,15,16). The Morgan fingerprint density at radius 3 is 2.47 bits per heavy atom. The van der Waals surface area contributed by atoms with Crippen molar-refractivity contribution in [2.45, 2.75) is 11.8 Å². The van der Waals surface area contributed by atoms with Crippen LogP contribution in [0.1, 0.15) is 5.69 Å². The average Bonchev–Trinajstić information content (AvgIpc) is 2.27. The van der Waals surface area contributed by atoms with E-state index < -0.39 is 15.6 Å². The number of nitrogen functional groups attached to an aromatic ring is 1. The average molecular weight is 280 g/mol. The van der Waals surface area contributed by atoms with Crippen molar-refractivity contribution in [1.82, 2.24) is 9.97 Å². The first-order valence-electron chi connectivity index (χ1n) is 5.33. The number of aromatic nitrogens is 2. The molecule has 0 aliphatic carbocycles. The van der Waals surface area contributed by atoms with Crippen LogP contribution in [0.4, 0.5) is 11.6 Å². The lowest BCUT2D eigenvalue weighted by atomic mass is 10.3. The Bertz CT molecular complexity index is 750. The van der Waals surface area contributed by atoms with Crippen LogP contribution in [0.15, 0.2) is 40.0 Å². The molecule has 0 aliphatic heterocycles. The van der Waals surface area contributed by atoms with Gasteiger partial charge in [-0.2, -0.15) is 0 Å². The monoisotopic (exact) mass is 280 g/mol. The van der Waals surface area contributed by atoms with Gasteiger partial charge in [-0.1, -0.05) is 0 Å². The molecule has 0 saturated heterocycles. The summed E-state index contributed by atoms with van der Waals surface area (Å²) < 4.78 is 26.2. The number of nitrogens with two attached hydrogens (primary N) is 1. The summed E-state index contributed by atoms with van der Waals surface area (Å²) in [5, 5.41) is 0. The van der Waals surface area contributed by atoms with Gasteiger partial charge in [0.25, 0.3) is 15.6 Å². The van der Waals surface area contributed by atoms with Gasteiger partial charge in [0.15, 0.2) is 0 Å². The molecule has 0 unspecified atom stereocenters. The van der Waals surface area contributed by atoms with Crippen LogP contribution >= 0.6 is 0 Å². The van der Waals surface area contributed by atoms with Gasteiger partial charge in [-0.25, -0.2) is 18.1 Å². The summed E-state index contributed by atoms with van der Waals surface area (Å²) in [5.41, 5.74) is 5.93. The predicted octanol–water partition coefficient (Wildman–Crippen LogP) is 0.461. The van der Waals surface area contributed by atoms with E-state index in [9.17, 15) is 13.2 Å². The molecule has 0 bridgehead atoms. The number of anilines is 2. The first kappa shape index (κ1) is 13.1. The summed E-state index contributed by atoms with van der Waals surface area (Å²) >= 11 is 0. The van der Waals surface area contributed by atoms with Crippen molar-refractivity contribution in [3.63, 3.8) is 0 Å². The number of benzene rings is 1. The minimum atomic E-state index is -3.80. The van der Waals surface area contributed by atoms with E-state index in [4.69, 9.17) is 5.73 Å². The highest BCUT2D eigenvalue weighted by molar-refractivity contribution is 7.92. The third kappa shape index (κ3) is 3.10. The molecule has 7 nitrogen and oxygen atoms in total. The van der Waals surface area contributed by atoms with Crippen molar-refractivity contribution in [2.24, 2.45) is 0 Å². The lowest BCUT2D eigenvalue weighted by Crippen LogP contribution is -2.18. The van der Waals surface area contributed by atoms with Gasteiger partial charge in [-0.3, -0.25) is 9.78 Å². The lowest BCUT2D eigenvalue weighted by Gasteiger charge is -2.07. The third-order valence-electron chi connectivity index (χ3n) is 2.29. The summed E-state index contributed by atoms with van der Waals surface area (Å²) in [5.74, 6) is -0.123. The molecular formula is C11H12N4O3S. The third-order valence-corrected chi connectivity index (χ3v) is 3.65. The normalized spacial score (nSPS) is 11.2. The topological polar surface area (TPSA) is 118 Å². The molecule has 2 aromatic rings. The molecule has 2 rings (SSSR count). The van der Waals surface area contributed by atoms with Crippen LogP contribution in [0.2, 0.25) is 0 Å². The summed E-state index contributed by atoms with van der Waals surface area (Å²) in [7, 11) is -3.80. The smallest absolute Gasteiger partial charge is 0.264 e. The number of hydrogen-bond donors (Lipinski definition) is 3. The highest BCUT2D eigenvalue weighted by Gasteiger charge is 2.15. The molecule has 1 aromatic heterocycles. The number of aryl methyl sites for hydroxylation is 1. The van der Waals surface area contributed by atoms with Crippen LogP contribution in [-0.4, -0.2) is 18.4 Å². The molecule has 0 fully saturated rings. The van der Waals surface area contributed by atoms with Crippen molar-refractivity contribution in [1.29, 1.82) is 0 Å². The molecule has 0 spiro atoms. The fourth-order valence-corrected chi connectivity index (χ4v) is 2.42.